The fourth-order valence-corrected chi connectivity index (χ4v) is 1.71. The van der Waals surface area contributed by atoms with Crippen molar-refractivity contribution >= 4 is 18.0 Å². The molecule has 130 valence electrons. The van der Waals surface area contributed by atoms with E-state index in [4.69, 9.17) is 15.2 Å². The molecule has 1 aromatic carbocycles. The summed E-state index contributed by atoms with van der Waals surface area (Å²) in [6.07, 6.45) is 0.298. The first-order valence-electron chi connectivity index (χ1n) is 7.16. The lowest BCUT2D eigenvalue weighted by atomic mass is 9.97. The molecule has 7 heteroatoms. The summed E-state index contributed by atoms with van der Waals surface area (Å²) >= 11 is 0. The van der Waals surface area contributed by atoms with E-state index in [1.807, 2.05) is 0 Å². The molecule has 0 saturated heterocycles. The summed E-state index contributed by atoms with van der Waals surface area (Å²) in [5.74, 6) is -1.39. The second-order valence-electron chi connectivity index (χ2n) is 5.92. The molecule has 24 heavy (non-hydrogen) atoms. The zero-order valence-electron chi connectivity index (χ0n) is 13.9. The summed E-state index contributed by atoms with van der Waals surface area (Å²) in [5, 5.41) is 9.72. The van der Waals surface area contributed by atoms with E-state index < -0.39 is 23.0 Å². The number of hydrogen-bond acceptors (Lipinski definition) is 7. The van der Waals surface area contributed by atoms with Crippen LogP contribution < -0.4 is 10.5 Å². The molecule has 1 aromatic rings. The topological polar surface area (TPSA) is 116 Å². The number of Topliss-reactive ketones (excluding diaryl/α,β-unsaturated/α-hetero) is 1. The predicted molar refractivity (Wildman–Crippen MR) is 86.5 cm³/mol. The summed E-state index contributed by atoms with van der Waals surface area (Å²) in [6.45, 7) is 7.23. The molecule has 1 atom stereocenters. The molecule has 0 spiro atoms. The van der Waals surface area contributed by atoms with Crippen molar-refractivity contribution in [2.45, 2.75) is 32.0 Å². The number of hydrogen-bond donors (Lipinski definition) is 2. The van der Waals surface area contributed by atoms with Crippen LogP contribution in [0.15, 0.2) is 36.6 Å². The Hall–Kier alpha value is -2.51. The molecule has 0 aromatic heterocycles. The first-order valence-corrected chi connectivity index (χ1v) is 7.16. The van der Waals surface area contributed by atoms with Gasteiger partial charge in [-0.25, -0.2) is 4.79 Å². The number of ketones is 1. The maximum Gasteiger partial charge on any atom is 0.357 e. The van der Waals surface area contributed by atoms with Crippen molar-refractivity contribution in [3.05, 3.63) is 42.2 Å². The molecule has 0 aliphatic rings. The lowest BCUT2D eigenvalue weighted by molar-refractivity contribution is -0.156. The first-order chi connectivity index (χ1) is 11.0. The molecule has 7 nitrogen and oxygen atoms in total. The lowest BCUT2D eigenvalue weighted by Gasteiger charge is -2.27. The summed E-state index contributed by atoms with van der Waals surface area (Å²) in [7, 11) is 0. The van der Waals surface area contributed by atoms with Crippen LogP contribution in [0.3, 0.4) is 0 Å². The fourth-order valence-electron chi connectivity index (χ4n) is 1.71. The van der Waals surface area contributed by atoms with E-state index in [2.05, 4.69) is 6.58 Å². The van der Waals surface area contributed by atoms with Gasteiger partial charge in [0.25, 0.3) is 0 Å². The third-order valence-corrected chi connectivity index (χ3v) is 3.19. The van der Waals surface area contributed by atoms with E-state index in [1.54, 1.807) is 0 Å². The van der Waals surface area contributed by atoms with E-state index in [-0.39, 0.29) is 18.1 Å². The Morgan fingerprint density at radius 1 is 1.25 bits per heavy atom. The van der Waals surface area contributed by atoms with Crippen LogP contribution in [0.4, 0.5) is 0 Å². The molecule has 0 amide bonds. The number of carbonyl (C=O) groups excluding carboxylic acids is 3. The van der Waals surface area contributed by atoms with Gasteiger partial charge in [0, 0.05) is 12.1 Å². The van der Waals surface area contributed by atoms with E-state index in [9.17, 15) is 19.5 Å². The van der Waals surface area contributed by atoms with Gasteiger partial charge in [0.2, 0.25) is 5.60 Å². The average molecular weight is 335 g/mol. The van der Waals surface area contributed by atoms with Crippen molar-refractivity contribution in [2.75, 3.05) is 6.54 Å². The summed E-state index contributed by atoms with van der Waals surface area (Å²) in [4.78, 5) is 34.5. The molecule has 0 radical (unpaired) electrons. The average Bonchev–Trinajstić information content (AvgIpc) is 2.53. The number of aldehydes is 1. The molecule has 0 aliphatic carbocycles. The Morgan fingerprint density at radius 2 is 1.79 bits per heavy atom. The lowest BCUT2D eigenvalue weighted by Crippen LogP contribution is -2.49. The van der Waals surface area contributed by atoms with Crippen molar-refractivity contribution in [3.63, 3.8) is 0 Å². The van der Waals surface area contributed by atoms with Crippen LogP contribution in [0.5, 0.6) is 5.75 Å². The van der Waals surface area contributed by atoms with E-state index in [0.29, 0.717) is 11.8 Å². The second kappa shape index (κ2) is 7.37. The SMILES string of the molecule is C=C(C=O)OC(=O)C(C)(CN)Oc1ccc(C(=O)C(C)(C)O)cc1. The van der Waals surface area contributed by atoms with Crippen LogP contribution >= 0.6 is 0 Å². The number of aliphatic hydroxyl groups is 1. The van der Waals surface area contributed by atoms with Crippen molar-refractivity contribution in [3.8, 4) is 5.75 Å². The first kappa shape index (κ1) is 19.5. The van der Waals surface area contributed by atoms with Crippen LogP contribution in [0.25, 0.3) is 0 Å². The van der Waals surface area contributed by atoms with E-state index >= 15 is 0 Å². The minimum Gasteiger partial charge on any atom is -0.474 e. The Labute approximate surface area is 140 Å². The minimum atomic E-state index is -1.53. The van der Waals surface area contributed by atoms with Crippen molar-refractivity contribution < 1.29 is 29.0 Å². The summed E-state index contributed by atoms with van der Waals surface area (Å²) in [5.41, 5.74) is 2.84. The Kier molecular flexibility index (Phi) is 6.00. The van der Waals surface area contributed by atoms with Gasteiger partial charge in [0.05, 0.1) is 0 Å². The normalized spacial score (nSPS) is 13.5. The van der Waals surface area contributed by atoms with Gasteiger partial charge in [-0.05, 0) is 45.0 Å². The van der Waals surface area contributed by atoms with Crippen LogP contribution in [0.2, 0.25) is 0 Å². The van der Waals surface area contributed by atoms with Crippen LogP contribution in [-0.4, -0.2) is 40.9 Å². The number of benzene rings is 1. The van der Waals surface area contributed by atoms with Crippen LogP contribution in [-0.2, 0) is 14.3 Å². The Morgan fingerprint density at radius 3 is 2.21 bits per heavy atom. The second-order valence-corrected chi connectivity index (χ2v) is 5.92. The predicted octanol–water partition coefficient (Wildman–Crippen LogP) is 0.992. The minimum absolute atomic E-state index is 0.206. The van der Waals surface area contributed by atoms with Crippen LogP contribution in [0, 0.1) is 0 Å². The van der Waals surface area contributed by atoms with Crippen molar-refractivity contribution in [1.82, 2.24) is 0 Å². The van der Waals surface area contributed by atoms with E-state index in [1.165, 1.54) is 45.0 Å². The molecule has 3 N–H and O–H groups in total. The zero-order chi connectivity index (χ0) is 18.5. The van der Waals surface area contributed by atoms with Gasteiger partial charge >= 0.3 is 5.97 Å². The molecule has 0 heterocycles. The van der Waals surface area contributed by atoms with Crippen molar-refractivity contribution in [1.29, 1.82) is 0 Å². The third kappa shape index (κ3) is 4.74. The number of rotatable bonds is 8. The Balaban J connectivity index is 2.94. The van der Waals surface area contributed by atoms with Gasteiger partial charge in [-0.1, -0.05) is 6.58 Å². The maximum absolute atomic E-state index is 12.0. The fraction of sp³-hybridized carbons (Fsp3) is 0.353. The molecular formula is C17H21NO6. The number of carbonyl (C=O) groups is 3. The molecule has 0 aliphatic heterocycles. The van der Waals surface area contributed by atoms with Gasteiger partial charge in [-0.2, -0.15) is 0 Å². The van der Waals surface area contributed by atoms with Gasteiger partial charge in [-0.3, -0.25) is 9.59 Å². The number of ether oxygens (including phenoxy) is 2. The highest BCUT2D eigenvalue weighted by Crippen LogP contribution is 2.22. The highest BCUT2D eigenvalue weighted by Gasteiger charge is 2.37. The van der Waals surface area contributed by atoms with Crippen LogP contribution in [0.1, 0.15) is 31.1 Å². The number of allylic oxidation sites excluding steroid dienone is 1. The molecule has 0 bridgehead atoms. The van der Waals surface area contributed by atoms with Gasteiger partial charge in [0.1, 0.15) is 11.4 Å². The molecule has 1 rings (SSSR count). The molecule has 0 saturated carbocycles. The monoisotopic (exact) mass is 335 g/mol. The van der Waals surface area contributed by atoms with E-state index in [0.717, 1.165) is 0 Å². The maximum atomic E-state index is 12.0. The number of nitrogens with two attached hydrogens (primary N) is 1. The van der Waals surface area contributed by atoms with Gasteiger partial charge in [-0.15, -0.1) is 0 Å². The standard InChI is InChI=1S/C17H21NO6/c1-11(9-19)23-15(21)17(4,10-18)24-13-7-5-12(6-8-13)14(20)16(2,3)22/h5-9,22H,1,10,18H2,2-4H3. The Bertz CT molecular complexity index is 644. The molecule has 1 unspecified atom stereocenters. The van der Waals surface area contributed by atoms with Gasteiger partial charge < -0.3 is 20.3 Å². The van der Waals surface area contributed by atoms with Gasteiger partial charge in [0.15, 0.2) is 17.8 Å². The quantitative estimate of drug-likeness (QED) is 0.239. The summed E-state index contributed by atoms with van der Waals surface area (Å²) < 4.78 is 10.3. The molecule has 0 fully saturated rings. The largest absolute Gasteiger partial charge is 0.474 e. The highest BCUT2D eigenvalue weighted by atomic mass is 16.6. The highest BCUT2D eigenvalue weighted by molar-refractivity contribution is 6.01. The number of esters is 1. The zero-order valence-corrected chi connectivity index (χ0v) is 13.9. The molecular weight excluding hydrogens is 314 g/mol. The third-order valence-electron chi connectivity index (χ3n) is 3.19. The smallest absolute Gasteiger partial charge is 0.357 e. The van der Waals surface area contributed by atoms with Crippen molar-refractivity contribution in [2.24, 2.45) is 5.73 Å². The summed E-state index contributed by atoms with van der Waals surface area (Å²) in [6, 6.07) is 5.86.